The number of nitrogens with two attached hydrogens (primary N) is 1. The second-order valence-corrected chi connectivity index (χ2v) is 1.28. The number of rotatable bonds is 2. The Morgan fingerprint density at radius 3 is 1.56 bits per heavy atom. The lowest BCUT2D eigenvalue weighted by atomic mass is 10.3. The quantitative estimate of drug-likeness (QED) is 0.618. The number of aliphatic hydroxyl groups excluding tert-OH is 1. The first kappa shape index (κ1) is 11.8. The molecule has 0 saturated carbocycles. The fourth-order valence-corrected chi connectivity index (χ4v) is 0.120. The van der Waals surface area contributed by atoms with E-state index in [0.29, 0.717) is 0 Å². The molecule has 0 rings (SSSR count). The Morgan fingerprint density at radius 2 is 1.56 bits per heavy atom. The van der Waals surface area contributed by atoms with Crippen LogP contribution in [0.15, 0.2) is 0 Å². The van der Waals surface area contributed by atoms with Crippen LogP contribution < -0.4 is 5.73 Å². The van der Waals surface area contributed by atoms with Gasteiger partial charge in [-0.15, -0.1) is 12.4 Å². The predicted octanol–water partition coefficient (Wildman–Crippen LogP) is 0.289. The normalized spacial score (nSPS) is 16.7. The lowest BCUT2D eigenvalue weighted by Crippen LogP contribution is -2.38. The molecular formula is C3H7ClF3NO. The third-order valence-corrected chi connectivity index (χ3v) is 0.609. The van der Waals surface area contributed by atoms with Gasteiger partial charge < -0.3 is 10.8 Å². The molecule has 3 N–H and O–H groups in total. The first-order valence-electron chi connectivity index (χ1n) is 1.91. The third kappa shape index (κ3) is 4.50. The highest BCUT2D eigenvalue weighted by Gasteiger charge is 2.22. The van der Waals surface area contributed by atoms with E-state index in [0.717, 1.165) is 0 Å². The standard InChI is InChI=1S/C3H6F3NO.ClH/c4-2(5)1(7)3(6)8;/h1-3,8H,7H2;1H. The number of halogens is 4. The Kier molecular flexibility index (Phi) is 6.32. The van der Waals surface area contributed by atoms with Gasteiger partial charge in [0, 0.05) is 0 Å². The van der Waals surface area contributed by atoms with Crippen LogP contribution in [0.3, 0.4) is 0 Å². The van der Waals surface area contributed by atoms with Crippen LogP contribution in [0.25, 0.3) is 0 Å². The average molecular weight is 166 g/mol. The van der Waals surface area contributed by atoms with Crippen LogP contribution in [0, 0.1) is 0 Å². The zero-order chi connectivity index (χ0) is 6.73. The molecule has 0 spiro atoms. The Hall–Kier alpha value is -0.0000000000000000555. The van der Waals surface area contributed by atoms with E-state index in [4.69, 9.17) is 5.11 Å². The van der Waals surface area contributed by atoms with Crippen molar-refractivity contribution in [2.24, 2.45) is 5.73 Å². The fourth-order valence-electron chi connectivity index (χ4n) is 0.120. The van der Waals surface area contributed by atoms with E-state index >= 15 is 0 Å². The van der Waals surface area contributed by atoms with Crippen molar-refractivity contribution in [3.8, 4) is 0 Å². The van der Waals surface area contributed by atoms with Gasteiger partial charge >= 0.3 is 0 Å². The van der Waals surface area contributed by atoms with E-state index in [-0.39, 0.29) is 12.4 Å². The number of hydrogen-bond acceptors (Lipinski definition) is 2. The highest BCUT2D eigenvalue weighted by Crippen LogP contribution is 2.02. The minimum absolute atomic E-state index is 0. The SMILES string of the molecule is Cl.NC(C(O)F)C(F)F. The number of alkyl halides is 3. The molecule has 0 aliphatic rings. The Balaban J connectivity index is 0. The van der Waals surface area contributed by atoms with Gasteiger partial charge in [-0.1, -0.05) is 0 Å². The maximum Gasteiger partial charge on any atom is 0.258 e. The summed E-state index contributed by atoms with van der Waals surface area (Å²) in [5.41, 5.74) is 4.38. The van der Waals surface area contributed by atoms with E-state index in [2.05, 4.69) is 5.73 Å². The van der Waals surface area contributed by atoms with Crippen molar-refractivity contribution >= 4 is 12.4 Å². The van der Waals surface area contributed by atoms with Crippen molar-refractivity contribution in [3.63, 3.8) is 0 Å². The molecule has 0 radical (unpaired) electrons. The van der Waals surface area contributed by atoms with Gasteiger partial charge in [-0.25, -0.2) is 13.2 Å². The molecule has 0 aromatic heterocycles. The highest BCUT2D eigenvalue weighted by atomic mass is 35.5. The summed E-state index contributed by atoms with van der Waals surface area (Å²) in [4.78, 5) is 0. The summed E-state index contributed by atoms with van der Waals surface area (Å²) in [5, 5.41) is 7.72. The third-order valence-electron chi connectivity index (χ3n) is 0.609. The van der Waals surface area contributed by atoms with Crippen molar-refractivity contribution in [2.45, 2.75) is 18.8 Å². The molecule has 0 aromatic carbocycles. The van der Waals surface area contributed by atoms with Gasteiger partial charge in [0.1, 0.15) is 6.04 Å². The van der Waals surface area contributed by atoms with Crippen LogP contribution in [-0.4, -0.2) is 23.9 Å². The van der Waals surface area contributed by atoms with E-state index < -0.39 is 18.8 Å². The summed E-state index contributed by atoms with van der Waals surface area (Å²) >= 11 is 0. The Morgan fingerprint density at radius 1 is 1.22 bits per heavy atom. The van der Waals surface area contributed by atoms with Gasteiger partial charge in [0.2, 0.25) is 6.36 Å². The smallest absolute Gasteiger partial charge is 0.258 e. The van der Waals surface area contributed by atoms with Gasteiger partial charge in [-0.3, -0.25) is 0 Å². The highest BCUT2D eigenvalue weighted by molar-refractivity contribution is 5.85. The molecule has 0 bridgehead atoms. The maximum absolute atomic E-state index is 11.3. The van der Waals surface area contributed by atoms with Gasteiger partial charge in [0.15, 0.2) is 0 Å². The molecule has 0 aliphatic heterocycles. The minimum Gasteiger partial charge on any atom is -0.363 e. The summed E-state index contributed by atoms with van der Waals surface area (Å²) in [7, 11) is 0. The zero-order valence-electron chi connectivity index (χ0n) is 4.30. The first-order chi connectivity index (χ1) is 3.55. The van der Waals surface area contributed by atoms with Crippen molar-refractivity contribution in [1.29, 1.82) is 0 Å². The van der Waals surface area contributed by atoms with Crippen molar-refractivity contribution < 1.29 is 18.3 Å². The fraction of sp³-hybridized carbons (Fsp3) is 1.00. The molecule has 0 saturated heterocycles. The summed E-state index contributed by atoms with van der Waals surface area (Å²) < 4.78 is 33.6. The monoisotopic (exact) mass is 165 g/mol. The van der Waals surface area contributed by atoms with Crippen LogP contribution in [0.2, 0.25) is 0 Å². The lowest BCUT2D eigenvalue weighted by molar-refractivity contribution is -0.0366. The molecule has 2 unspecified atom stereocenters. The van der Waals surface area contributed by atoms with E-state index in [1.165, 1.54) is 0 Å². The number of hydrogen-bond donors (Lipinski definition) is 2. The topological polar surface area (TPSA) is 46.2 Å². The second kappa shape index (κ2) is 4.84. The largest absolute Gasteiger partial charge is 0.363 e. The average Bonchev–Trinajstić information content (AvgIpc) is 1.64. The van der Waals surface area contributed by atoms with Gasteiger partial charge in [-0.2, -0.15) is 0 Å². The van der Waals surface area contributed by atoms with Crippen LogP contribution in [0.5, 0.6) is 0 Å². The van der Waals surface area contributed by atoms with Crippen molar-refractivity contribution in [3.05, 3.63) is 0 Å². The molecular weight excluding hydrogens is 158 g/mol. The van der Waals surface area contributed by atoms with Crippen LogP contribution in [0.1, 0.15) is 0 Å². The Labute approximate surface area is 56.3 Å². The lowest BCUT2D eigenvalue weighted by Gasteiger charge is -2.08. The van der Waals surface area contributed by atoms with Gasteiger partial charge in [-0.05, 0) is 0 Å². The van der Waals surface area contributed by atoms with Crippen molar-refractivity contribution in [1.82, 2.24) is 0 Å². The number of aliphatic hydroxyl groups is 1. The maximum atomic E-state index is 11.3. The summed E-state index contributed by atoms with van der Waals surface area (Å²) in [6.45, 7) is 0. The molecule has 6 heteroatoms. The summed E-state index contributed by atoms with van der Waals surface area (Å²) in [6, 6.07) is -2.07. The van der Waals surface area contributed by atoms with Crippen LogP contribution in [0.4, 0.5) is 13.2 Å². The molecule has 0 heterocycles. The molecule has 0 amide bonds. The van der Waals surface area contributed by atoms with E-state index in [1.54, 1.807) is 0 Å². The summed E-state index contributed by atoms with van der Waals surface area (Å²) in [5.74, 6) is 0. The molecule has 9 heavy (non-hydrogen) atoms. The van der Waals surface area contributed by atoms with Gasteiger partial charge in [0.05, 0.1) is 0 Å². The van der Waals surface area contributed by atoms with E-state index in [9.17, 15) is 13.2 Å². The van der Waals surface area contributed by atoms with Crippen LogP contribution >= 0.6 is 12.4 Å². The minimum atomic E-state index is -3.00. The Bertz CT molecular complexity index is 64.1. The molecule has 0 fully saturated rings. The summed E-state index contributed by atoms with van der Waals surface area (Å²) in [6.07, 6.45) is -5.63. The molecule has 2 nitrogen and oxygen atoms in total. The van der Waals surface area contributed by atoms with E-state index in [1.807, 2.05) is 0 Å². The molecule has 58 valence electrons. The molecule has 2 atom stereocenters. The first-order valence-corrected chi connectivity index (χ1v) is 1.91. The van der Waals surface area contributed by atoms with Gasteiger partial charge in [0.25, 0.3) is 6.43 Å². The predicted molar refractivity (Wildman–Crippen MR) is 28.3 cm³/mol. The zero-order valence-corrected chi connectivity index (χ0v) is 5.12. The second-order valence-electron chi connectivity index (χ2n) is 1.28. The van der Waals surface area contributed by atoms with Crippen molar-refractivity contribution in [2.75, 3.05) is 0 Å². The molecule has 0 aromatic rings. The van der Waals surface area contributed by atoms with Crippen LogP contribution in [-0.2, 0) is 0 Å². The molecule has 0 aliphatic carbocycles.